The summed E-state index contributed by atoms with van der Waals surface area (Å²) in [5, 5.41) is 2.92. The summed E-state index contributed by atoms with van der Waals surface area (Å²) in [5.41, 5.74) is 3.22. The summed E-state index contributed by atoms with van der Waals surface area (Å²) < 4.78 is 0. The summed E-state index contributed by atoms with van der Waals surface area (Å²) in [5.74, 6) is 0. The molecule has 0 saturated heterocycles. The molecule has 0 fully saturated rings. The number of anilines is 1. The second-order valence-corrected chi connectivity index (χ2v) is 3.79. The first kappa shape index (κ1) is 11.6. The van der Waals surface area contributed by atoms with Gasteiger partial charge in [-0.1, -0.05) is 25.1 Å². The summed E-state index contributed by atoms with van der Waals surface area (Å²) in [6.07, 6.45) is 0.921. The standard InChI is InChI=1S/C12H18N2O/c1-5-10-8-6-7-9(2)11(10)13-12(15)14(3)4/h6-8H,5H2,1-4H3,(H,13,15). The van der Waals surface area contributed by atoms with E-state index in [4.69, 9.17) is 0 Å². The first-order valence-electron chi connectivity index (χ1n) is 5.13. The van der Waals surface area contributed by atoms with Crippen molar-refractivity contribution in [1.29, 1.82) is 0 Å². The number of urea groups is 1. The number of carbonyl (C=O) groups is 1. The molecule has 0 spiro atoms. The SMILES string of the molecule is CCc1cccc(C)c1NC(=O)N(C)C. The number of hydrogen-bond donors (Lipinski definition) is 1. The molecule has 0 bridgehead atoms. The van der Waals surface area contributed by atoms with E-state index in [0.29, 0.717) is 0 Å². The van der Waals surface area contributed by atoms with Crippen molar-refractivity contribution < 1.29 is 4.79 Å². The van der Waals surface area contributed by atoms with Crippen LogP contribution in [0.15, 0.2) is 18.2 Å². The van der Waals surface area contributed by atoms with E-state index in [-0.39, 0.29) is 6.03 Å². The summed E-state index contributed by atoms with van der Waals surface area (Å²) in [4.78, 5) is 13.1. The third-order valence-electron chi connectivity index (χ3n) is 2.38. The minimum atomic E-state index is -0.0843. The fourth-order valence-electron chi connectivity index (χ4n) is 1.42. The second-order valence-electron chi connectivity index (χ2n) is 3.79. The van der Waals surface area contributed by atoms with Crippen molar-refractivity contribution >= 4 is 11.7 Å². The summed E-state index contributed by atoms with van der Waals surface area (Å²) >= 11 is 0. The van der Waals surface area contributed by atoms with Gasteiger partial charge in [-0.15, -0.1) is 0 Å². The lowest BCUT2D eigenvalue weighted by Gasteiger charge is -2.16. The van der Waals surface area contributed by atoms with Gasteiger partial charge in [0.2, 0.25) is 0 Å². The Hall–Kier alpha value is -1.51. The number of nitrogens with zero attached hydrogens (tertiary/aromatic N) is 1. The van der Waals surface area contributed by atoms with Gasteiger partial charge in [0.1, 0.15) is 0 Å². The molecular weight excluding hydrogens is 188 g/mol. The molecule has 1 rings (SSSR count). The van der Waals surface area contributed by atoms with Crippen molar-refractivity contribution in [2.24, 2.45) is 0 Å². The first-order chi connectivity index (χ1) is 7.06. The van der Waals surface area contributed by atoms with Gasteiger partial charge in [-0.2, -0.15) is 0 Å². The number of para-hydroxylation sites is 1. The molecule has 0 aromatic heterocycles. The molecule has 0 aliphatic heterocycles. The van der Waals surface area contributed by atoms with Crippen LogP contribution in [0.4, 0.5) is 10.5 Å². The molecule has 0 radical (unpaired) electrons. The average Bonchev–Trinajstić information content (AvgIpc) is 2.20. The molecule has 1 aromatic rings. The molecule has 1 aromatic carbocycles. The Morgan fingerprint density at radius 3 is 2.60 bits per heavy atom. The van der Waals surface area contributed by atoms with Crippen LogP contribution in [0.2, 0.25) is 0 Å². The number of hydrogen-bond acceptors (Lipinski definition) is 1. The molecule has 15 heavy (non-hydrogen) atoms. The lowest BCUT2D eigenvalue weighted by molar-refractivity contribution is 0.230. The highest BCUT2D eigenvalue weighted by Gasteiger charge is 2.09. The van der Waals surface area contributed by atoms with E-state index in [9.17, 15) is 4.79 Å². The Bertz CT molecular complexity index is 359. The highest BCUT2D eigenvalue weighted by molar-refractivity contribution is 5.90. The van der Waals surface area contributed by atoms with Gasteiger partial charge in [0, 0.05) is 19.8 Å². The van der Waals surface area contributed by atoms with Crippen molar-refractivity contribution in [2.75, 3.05) is 19.4 Å². The van der Waals surface area contributed by atoms with E-state index in [1.54, 1.807) is 14.1 Å². The molecule has 0 saturated carbocycles. The quantitative estimate of drug-likeness (QED) is 0.792. The van der Waals surface area contributed by atoms with Crippen molar-refractivity contribution in [2.45, 2.75) is 20.3 Å². The smallest absolute Gasteiger partial charge is 0.321 e. The zero-order chi connectivity index (χ0) is 11.4. The third kappa shape index (κ3) is 2.72. The van der Waals surface area contributed by atoms with Crippen LogP contribution < -0.4 is 5.32 Å². The highest BCUT2D eigenvalue weighted by Crippen LogP contribution is 2.21. The second kappa shape index (κ2) is 4.82. The Kier molecular flexibility index (Phi) is 3.72. The number of carbonyl (C=O) groups excluding carboxylic acids is 1. The van der Waals surface area contributed by atoms with Gasteiger partial charge < -0.3 is 10.2 Å². The third-order valence-corrected chi connectivity index (χ3v) is 2.38. The molecule has 3 heteroatoms. The van der Waals surface area contributed by atoms with E-state index in [1.807, 2.05) is 25.1 Å². The molecular formula is C12H18N2O. The van der Waals surface area contributed by atoms with Crippen molar-refractivity contribution in [1.82, 2.24) is 4.90 Å². The van der Waals surface area contributed by atoms with Gasteiger partial charge in [-0.05, 0) is 24.5 Å². The molecule has 3 nitrogen and oxygen atoms in total. The van der Waals surface area contributed by atoms with Gasteiger partial charge in [-0.25, -0.2) is 4.79 Å². The van der Waals surface area contributed by atoms with Crippen molar-refractivity contribution in [3.05, 3.63) is 29.3 Å². The maximum Gasteiger partial charge on any atom is 0.321 e. The number of benzene rings is 1. The number of nitrogens with one attached hydrogen (secondary N) is 1. The molecule has 0 aliphatic rings. The van der Waals surface area contributed by atoms with Crippen LogP contribution in [0.25, 0.3) is 0 Å². The molecule has 1 N–H and O–H groups in total. The Balaban J connectivity index is 2.97. The van der Waals surface area contributed by atoms with Crippen LogP contribution in [0, 0.1) is 6.92 Å². The van der Waals surface area contributed by atoms with Gasteiger partial charge in [0.15, 0.2) is 0 Å². The average molecular weight is 206 g/mol. The molecule has 0 heterocycles. The molecule has 0 atom stereocenters. The zero-order valence-corrected chi connectivity index (χ0v) is 9.79. The normalized spacial score (nSPS) is 9.87. The molecule has 0 aliphatic carbocycles. The van der Waals surface area contributed by atoms with Gasteiger partial charge >= 0.3 is 6.03 Å². The Morgan fingerprint density at radius 1 is 1.40 bits per heavy atom. The van der Waals surface area contributed by atoms with E-state index >= 15 is 0 Å². The van der Waals surface area contributed by atoms with Gasteiger partial charge in [-0.3, -0.25) is 0 Å². The largest absolute Gasteiger partial charge is 0.331 e. The maximum atomic E-state index is 11.5. The minimum absolute atomic E-state index is 0.0843. The lowest BCUT2D eigenvalue weighted by atomic mass is 10.1. The Labute approximate surface area is 91.1 Å². The number of rotatable bonds is 2. The number of amides is 2. The topological polar surface area (TPSA) is 32.3 Å². The van der Waals surface area contributed by atoms with Crippen LogP contribution in [0.3, 0.4) is 0 Å². The summed E-state index contributed by atoms with van der Waals surface area (Å²) in [6, 6.07) is 5.97. The fourth-order valence-corrected chi connectivity index (χ4v) is 1.42. The van der Waals surface area contributed by atoms with E-state index in [0.717, 1.165) is 17.7 Å². The predicted molar refractivity (Wildman–Crippen MR) is 63.3 cm³/mol. The van der Waals surface area contributed by atoms with E-state index < -0.39 is 0 Å². The van der Waals surface area contributed by atoms with Crippen molar-refractivity contribution in [3.8, 4) is 0 Å². The lowest BCUT2D eigenvalue weighted by Crippen LogP contribution is -2.28. The molecule has 82 valence electrons. The maximum absolute atomic E-state index is 11.5. The molecule has 0 unspecified atom stereocenters. The van der Waals surface area contributed by atoms with Crippen LogP contribution in [-0.2, 0) is 6.42 Å². The summed E-state index contributed by atoms with van der Waals surface area (Å²) in [6.45, 7) is 4.09. The summed E-state index contributed by atoms with van der Waals surface area (Å²) in [7, 11) is 3.47. The number of aryl methyl sites for hydroxylation is 2. The van der Waals surface area contributed by atoms with Crippen LogP contribution in [0.1, 0.15) is 18.1 Å². The fraction of sp³-hybridized carbons (Fsp3) is 0.417. The van der Waals surface area contributed by atoms with E-state index in [1.165, 1.54) is 10.5 Å². The first-order valence-corrected chi connectivity index (χ1v) is 5.13. The zero-order valence-electron chi connectivity index (χ0n) is 9.79. The monoisotopic (exact) mass is 206 g/mol. The molecule has 2 amide bonds. The van der Waals surface area contributed by atoms with Crippen LogP contribution >= 0.6 is 0 Å². The Morgan fingerprint density at radius 2 is 2.07 bits per heavy atom. The van der Waals surface area contributed by atoms with Crippen LogP contribution in [-0.4, -0.2) is 25.0 Å². The van der Waals surface area contributed by atoms with Gasteiger partial charge in [0.25, 0.3) is 0 Å². The highest BCUT2D eigenvalue weighted by atomic mass is 16.2. The predicted octanol–water partition coefficient (Wildman–Crippen LogP) is 2.65. The van der Waals surface area contributed by atoms with Gasteiger partial charge in [0.05, 0.1) is 0 Å². The van der Waals surface area contributed by atoms with E-state index in [2.05, 4.69) is 12.2 Å². The van der Waals surface area contributed by atoms with Crippen molar-refractivity contribution in [3.63, 3.8) is 0 Å². The minimum Gasteiger partial charge on any atom is -0.331 e. The van der Waals surface area contributed by atoms with Crippen LogP contribution in [0.5, 0.6) is 0 Å².